The summed E-state index contributed by atoms with van der Waals surface area (Å²) in [6.07, 6.45) is 1.74. The van der Waals surface area contributed by atoms with Crippen molar-refractivity contribution in [1.29, 1.82) is 0 Å². The molecule has 0 spiro atoms. The maximum absolute atomic E-state index is 5.75. The quantitative estimate of drug-likeness (QED) is 0.852. The number of aromatic nitrogens is 4. The second-order valence-corrected chi connectivity index (χ2v) is 3.81. The topological polar surface area (TPSA) is 78.9 Å². The molecule has 2 aromatic heterocycles. The lowest BCUT2D eigenvalue weighted by Crippen LogP contribution is -2.02. The Morgan fingerprint density at radius 1 is 1.41 bits per heavy atom. The summed E-state index contributed by atoms with van der Waals surface area (Å²) in [7, 11) is 3.49. The Balaban J connectivity index is 2.48. The van der Waals surface area contributed by atoms with E-state index in [1.807, 2.05) is 14.0 Å². The molecule has 6 nitrogen and oxygen atoms in total. The zero-order valence-electron chi connectivity index (χ0n) is 10.1. The number of rotatable bonds is 3. The van der Waals surface area contributed by atoms with Crippen LogP contribution in [-0.4, -0.2) is 26.9 Å². The van der Waals surface area contributed by atoms with Gasteiger partial charge in [-0.05, 0) is 6.92 Å². The van der Waals surface area contributed by atoms with Gasteiger partial charge < -0.3 is 10.5 Å². The largest absolute Gasteiger partial charge is 0.384 e. The van der Waals surface area contributed by atoms with Gasteiger partial charge in [0.15, 0.2) is 5.82 Å². The molecule has 2 aromatic rings. The molecule has 6 heteroatoms. The Morgan fingerprint density at radius 3 is 2.76 bits per heavy atom. The SMILES string of the molecule is COCc1cc(N)nc(-c2cnn(C)c2C)n1. The van der Waals surface area contributed by atoms with E-state index in [0.29, 0.717) is 18.2 Å². The standard InChI is InChI=1S/C11H15N5O/c1-7-9(5-13-16(7)2)11-14-8(6-17-3)4-10(12)15-11/h4-5H,6H2,1-3H3,(H2,12,14,15). The number of methoxy groups -OCH3 is 1. The first-order valence-electron chi connectivity index (χ1n) is 5.23. The van der Waals surface area contributed by atoms with Crippen molar-refractivity contribution in [2.24, 2.45) is 7.05 Å². The molecule has 0 unspecified atom stereocenters. The monoisotopic (exact) mass is 233 g/mol. The highest BCUT2D eigenvalue weighted by atomic mass is 16.5. The number of nitrogens with two attached hydrogens (primary N) is 1. The number of ether oxygens (including phenoxy) is 1. The van der Waals surface area contributed by atoms with Crippen LogP contribution in [0.3, 0.4) is 0 Å². The lowest BCUT2D eigenvalue weighted by Gasteiger charge is -2.04. The molecular weight excluding hydrogens is 218 g/mol. The maximum atomic E-state index is 5.75. The summed E-state index contributed by atoms with van der Waals surface area (Å²) in [5.74, 6) is 1.02. The summed E-state index contributed by atoms with van der Waals surface area (Å²) >= 11 is 0. The van der Waals surface area contributed by atoms with Crippen LogP contribution in [0.4, 0.5) is 5.82 Å². The van der Waals surface area contributed by atoms with E-state index in [1.54, 1.807) is 24.1 Å². The highest BCUT2D eigenvalue weighted by molar-refractivity contribution is 5.58. The molecule has 0 amide bonds. The van der Waals surface area contributed by atoms with Crippen molar-refractivity contribution < 1.29 is 4.74 Å². The number of hydrogen-bond donors (Lipinski definition) is 1. The minimum absolute atomic E-state index is 0.416. The average Bonchev–Trinajstić information content (AvgIpc) is 2.59. The molecule has 0 aliphatic heterocycles. The first-order valence-corrected chi connectivity index (χ1v) is 5.23. The van der Waals surface area contributed by atoms with Gasteiger partial charge in [0.2, 0.25) is 0 Å². The minimum atomic E-state index is 0.416. The smallest absolute Gasteiger partial charge is 0.165 e. The molecule has 90 valence electrons. The summed E-state index contributed by atoms with van der Waals surface area (Å²) in [5, 5.41) is 4.16. The molecular formula is C11H15N5O. The number of aryl methyl sites for hydroxylation is 1. The van der Waals surface area contributed by atoms with Crippen LogP contribution in [0.5, 0.6) is 0 Å². The Morgan fingerprint density at radius 2 is 2.18 bits per heavy atom. The number of anilines is 1. The molecule has 17 heavy (non-hydrogen) atoms. The van der Waals surface area contributed by atoms with E-state index >= 15 is 0 Å². The zero-order valence-corrected chi connectivity index (χ0v) is 10.1. The molecule has 0 saturated carbocycles. The molecule has 0 radical (unpaired) electrons. The summed E-state index contributed by atoms with van der Waals surface area (Å²) in [4.78, 5) is 8.62. The molecule has 0 bridgehead atoms. The van der Waals surface area contributed by atoms with Gasteiger partial charge in [-0.3, -0.25) is 4.68 Å². The highest BCUT2D eigenvalue weighted by Gasteiger charge is 2.11. The molecule has 0 fully saturated rings. The molecule has 0 atom stereocenters. The maximum Gasteiger partial charge on any atom is 0.165 e. The van der Waals surface area contributed by atoms with E-state index < -0.39 is 0 Å². The van der Waals surface area contributed by atoms with Gasteiger partial charge in [-0.25, -0.2) is 9.97 Å². The number of hydrogen-bond acceptors (Lipinski definition) is 5. The van der Waals surface area contributed by atoms with Gasteiger partial charge in [-0.15, -0.1) is 0 Å². The van der Waals surface area contributed by atoms with Gasteiger partial charge in [0, 0.05) is 25.9 Å². The Hall–Kier alpha value is -1.95. The summed E-state index contributed by atoms with van der Waals surface area (Å²) < 4.78 is 6.82. The van der Waals surface area contributed by atoms with Crippen molar-refractivity contribution in [2.45, 2.75) is 13.5 Å². The van der Waals surface area contributed by atoms with Crippen LogP contribution >= 0.6 is 0 Å². The van der Waals surface area contributed by atoms with E-state index in [9.17, 15) is 0 Å². The van der Waals surface area contributed by atoms with Gasteiger partial charge in [0.25, 0.3) is 0 Å². The van der Waals surface area contributed by atoms with Crippen LogP contribution in [0.25, 0.3) is 11.4 Å². The Kier molecular flexibility index (Phi) is 3.06. The number of nitrogens with zero attached hydrogens (tertiary/aromatic N) is 4. The van der Waals surface area contributed by atoms with Crippen molar-refractivity contribution in [2.75, 3.05) is 12.8 Å². The van der Waals surface area contributed by atoms with Crippen LogP contribution in [0.2, 0.25) is 0 Å². The van der Waals surface area contributed by atoms with Gasteiger partial charge in [0.05, 0.1) is 24.1 Å². The normalized spacial score (nSPS) is 10.8. The summed E-state index contributed by atoms with van der Waals surface area (Å²) in [6, 6.07) is 1.71. The molecule has 2 heterocycles. The fraction of sp³-hybridized carbons (Fsp3) is 0.364. The van der Waals surface area contributed by atoms with Crippen LogP contribution in [0.1, 0.15) is 11.4 Å². The van der Waals surface area contributed by atoms with Crippen LogP contribution in [0.15, 0.2) is 12.3 Å². The molecule has 0 saturated heterocycles. The van der Waals surface area contributed by atoms with E-state index in [4.69, 9.17) is 10.5 Å². The van der Waals surface area contributed by atoms with Gasteiger partial charge in [-0.1, -0.05) is 0 Å². The predicted octanol–water partition coefficient (Wildman–Crippen LogP) is 0.914. The number of nitrogen functional groups attached to an aromatic ring is 1. The second kappa shape index (κ2) is 4.50. The summed E-state index contributed by atoms with van der Waals surface area (Å²) in [6.45, 7) is 2.38. The fourth-order valence-corrected chi connectivity index (χ4v) is 1.58. The van der Waals surface area contributed by atoms with Crippen LogP contribution < -0.4 is 5.73 Å². The van der Waals surface area contributed by atoms with Crippen molar-refractivity contribution in [1.82, 2.24) is 19.7 Å². The van der Waals surface area contributed by atoms with E-state index in [-0.39, 0.29) is 0 Å². The lowest BCUT2D eigenvalue weighted by molar-refractivity contribution is 0.181. The third kappa shape index (κ3) is 2.26. The molecule has 2 rings (SSSR count). The van der Waals surface area contributed by atoms with E-state index in [1.165, 1.54) is 0 Å². The Bertz CT molecular complexity index is 535. The summed E-state index contributed by atoms with van der Waals surface area (Å²) in [5.41, 5.74) is 8.40. The predicted molar refractivity (Wildman–Crippen MR) is 64.1 cm³/mol. The van der Waals surface area contributed by atoms with Gasteiger partial charge in [0.1, 0.15) is 5.82 Å². The minimum Gasteiger partial charge on any atom is -0.384 e. The van der Waals surface area contributed by atoms with E-state index in [0.717, 1.165) is 17.0 Å². The molecule has 0 aliphatic rings. The highest BCUT2D eigenvalue weighted by Crippen LogP contribution is 2.20. The first kappa shape index (κ1) is 11.5. The van der Waals surface area contributed by atoms with Crippen molar-refractivity contribution in [3.63, 3.8) is 0 Å². The molecule has 0 aliphatic carbocycles. The molecule has 0 aromatic carbocycles. The van der Waals surface area contributed by atoms with Crippen molar-refractivity contribution in [3.8, 4) is 11.4 Å². The third-order valence-electron chi connectivity index (χ3n) is 2.57. The van der Waals surface area contributed by atoms with Crippen LogP contribution in [-0.2, 0) is 18.4 Å². The fourth-order valence-electron chi connectivity index (χ4n) is 1.58. The van der Waals surface area contributed by atoms with Crippen molar-refractivity contribution in [3.05, 3.63) is 23.7 Å². The first-order chi connectivity index (χ1) is 8.11. The van der Waals surface area contributed by atoms with Gasteiger partial charge in [-0.2, -0.15) is 5.10 Å². The van der Waals surface area contributed by atoms with E-state index in [2.05, 4.69) is 15.1 Å². The zero-order chi connectivity index (χ0) is 12.4. The Labute approximate surface area is 99.4 Å². The lowest BCUT2D eigenvalue weighted by atomic mass is 10.2. The third-order valence-corrected chi connectivity index (χ3v) is 2.57. The second-order valence-electron chi connectivity index (χ2n) is 3.81. The van der Waals surface area contributed by atoms with Gasteiger partial charge >= 0.3 is 0 Å². The van der Waals surface area contributed by atoms with Crippen molar-refractivity contribution >= 4 is 5.82 Å². The van der Waals surface area contributed by atoms with Crippen LogP contribution in [0, 0.1) is 6.92 Å². The average molecular weight is 233 g/mol. The molecule has 2 N–H and O–H groups in total.